The van der Waals surface area contributed by atoms with Crippen LogP contribution < -0.4 is 5.32 Å². The monoisotopic (exact) mass is 249 g/mol. The molecule has 1 saturated heterocycles. The molecule has 0 unspecified atom stereocenters. The SMILES string of the molecule is O=C(O)c1cccc(C(=O)N2CCCNCC2)n1. The van der Waals surface area contributed by atoms with E-state index in [-0.39, 0.29) is 17.3 Å². The van der Waals surface area contributed by atoms with Crippen LogP contribution in [0.3, 0.4) is 0 Å². The van der Waals surface area contributed by atoms with Crippen molar-refractivity contribution in [1.29, 1.82) is 0 Å². The third kappa shape index (κ3) is 2.84. The van der Waals surface area contributed by atoms with Crippen molar-refractivity contribution in [1.82, 2.24) is 15.2 Å². The van der Waals surface area contributed by atoms with Crippen LogP contribution in [-0.4, -0.2) is 53.0 Å². The van der Waals surface area contributed by atoms with E-state index in [1.807, 2.05) is 0 Å². The highest BCUT2D eigenvalue weighted by Crippen LogP contribution is 2.06. The van der Waals surface area contributed by atoms with Gasteiger partial charge in [0.25, 0.3) is 5.91 Å². The van der Waals surface area contributed by atoms with Crippen LogP contribution in [0.1, 0.15) is 27.4 Å². The Bertz CT molecular complexity index is 454. The maximum absolute atomic E-state index is 12.2. The lowest BCUT2D eigenvalue weighted by Gasteiger charge is -2.19. The van der Waals surface area contributed by atoms with Gasteiger partial charge in [-0.1, -0.05) is 6.07 Å². The molecule has 0 saturated carbocycles. The number of nitrogens with one attached hydrogen (secondary N) is 1. The van der Waals surface area contributed by atoms with Gasteiger partial charge in [0.2, 0.25) is 0 Å². The lowest BCUT2D eigenvalue weighted by molar-refractivity contribution is 0.0690. The highest BCUT2D eigenvalue weighted by molar-refractivity contribution is 5.94. The number of amides is 1. The van der Waals surface area contributed by atoms with Crippen molar-refractivity contribution in [2.45, 2.75) is 6.42 Å². The summed E-state index contributed by atoms with van der Waals surface area (Å²) in [6.45, 7) is 2.94. The fraction of sp³-hybridized carbons (Fsp3) is 0.417. The van der Waals surface area contributed by atoms with Crippen molar-refractivity contribution in [3.05, 3.63) is 29.6 Å². The van der Waals surface area contributed by atoms with Gasteiger partial charge < -0.3 is 15.3 Å². The maximum atomic E-state index is 12.2. The van der Waals surface area contributed by atoms with Crippen LogP contribution in [0.5, 0.6) is 0 Å². The molecular formula is C12H15N3O3. The summed E-state index contributed by atoms with van der Waals surface area (Å²) in [4.78, 5) is 28.5. The van der Waals surface area contributed by atoms with Crippen LogP contribution in [0.25, 0.3) is 0 Å². The number of aromatic carboxylic acids is 1. The summed E-state index contributed by atoms with van der Waals surface area (Å²) in [5.74, 6) is -1.33. The van der Waals surface area contributed by atoms with Crippen LogP contribution in [0, 0.1) is 0 Å². The molecule has 0 bridgehead atoms. The van der Waals surface area contributed by atoms with Crippen molar-refractivity contribution >= 4 is 11.9 Å². The molecule has 6 heteroatoms. The molecule has 0 aliphatic carbocycles. The van der Waals surface area contributed by atoms with Gasteiger partial charge in [-0.3, -0.25) is 4.79 Å². The molecule has 0 aromatic carbocycles. The fourth-order valence-corrected chi connectivity index (χ4v) is 1.88. The van der Waals surface area contributed by atoms with E-state index in [2.05, 4.69) is 10.3 Å². The first kappa shape index (κ1) is 12.5. The molecule has 1 aliphatic heterocycles. The Morgan fingerprint density at radius 1 is 1.22 bits per heavy atom. The van der Waals surface area contributed by atoms with E-state index in [9.17, 15) is 9.59 Å². The zero-order chi connectivity index (χ0) is 13.0. The molecule has 2 rings (SSSR count). The van der Waals surface area contributed by atoms with E-state index in [0.717, 1.165) is 19.5 Å². The summed E-state index contributed by atoms with van der Waals surface area (Å²) < 4.78 is 0. The number of hydrogen-bond acceptors (Lipinski definition) is 4. The van der Waals surface area contributed by atoms with E-state index in [1.165, 1.54) is 6.07 Å². The molecule has 6 nitrogen and oxygen atoms in total. The molecule has 96 valence electrons. The van der Waals surface area contributed by atoms with E-state index in [1.54, 1.807) is 17.0 Å². The minimum atomic E-state index is -1.12. The number of carboxylic acids is 1. The van der Waals surface area contributed by atoms with Gasteiger partial charge in [0.15, 0.2) is 0 Å². The minimum Gasteiger partial charge on any atom is -0.477 e. The fourth-order valence-electron chi connectivity index (χ4n) is 1.88. The summed E-state index contributed by atoms with van der Waals surface area (Å²) in [5, 5.41) is 12.1. The number of carboxylic acid groups (broad SMARTS) is 1. The normalized spacial score (nSPS) is 16.1. The molecule has 1 aliphatic rings. The van der Waals surface area contributed by atoms with Crippen LogP contribution in [0.2, 0.25) is 0 Å². The van der Waals surface area contributed by atoms with Crippen LogP contribution in [0.15, 0.2) is 18.2 Å². The van der Waals surface area contributed by atoms with Gasteiger partial charge in [-0.15, -0.1) is 0 Å². The number of aromatic nitrogens is 1. The number of carbonyl (C=O) groups excluding carboxylic acids is 1. The molecule has 1 fully saturated rings. The van der Waals surface area contributed by atoms with Crippen molar-refractivity contribution in [2.24, 2.45) is 0 Å². The van der Waals surface area contributed by atoms with Gasteiger partial charge in [-0.25, -0.2) is 9.78 Å². The highest BCUT2D eigenvalue weighted by Gasteiger charge is 2.19. The number of pyridine rings is 1. The summed E-state index contributed by atoms with van der Waals surface area (Å²) in [5.41, 5.74) is 0.0885. The molecule has 18 heavy (non-hydrogen) atoms. The Balaban J connectivity index is 2.16. The van der Waals surface area contributed by atoms with Gasteiger partial charge in [0.05, 0.1) is 0 Å². The van der Waals surface area contributed by atoms with Crippen LogP contribution in [0.4, 0.5) is 0 Å². The predicted octanol–water partition coefficient (Wildman–Crippen LogP) is 0.215. The third-order valence-electron chi connectivity index (χ3n) is 2.81. The standard InChI is InChI=1S/C12H15N3O3/c16-11(15-7-2-5-13-6-8-15)9-3-1-4-10(14-9)12(17)18/h1,3-4,13H,2,5-8H2,(H,17,18). The predicted molar refractivity (Wildman–Crippen MR) is 64.6 cm³/mol. The Labute approximate surface area is 105 Å². The maximum Gasteiger partial charge on any atom is 0.354 e. The first-order chi connectivity index (χ1) is 8.68. The molecule has 1 aromatic heterocycles. The molecule has 0 radical (unpaired) electrons. The highest BCUT2D eigenvalue weighted by atomic mass is 16.4. The topological polar surface area (TPSA) is 82.5 Å². The van der Waals surface area contributed by atoms with E-state index in [0.29, 0.717) is 13.1 Å². The second kappa shape index (κ2) is 5.59. The summed E-state index contributed by atoms with van der Waals surface area (Å²) in [6, 6.07) is 4.47. The minimum absolute atomic E-state index is 0.103. The average molecular weight is 249 g/mol. The van der Waals surface area contributed by atoms with Gasteiger partial charge >= 0.3 is 5.97 Å². The zero-order valence-electron chi connectivity index (χ0n) is 9.93. The smallest absolute Gasteiger partial charge is 0.354 e. The number of carbonyl (C=O) groups is 2. The molecule has 0 atom stereocenters. The van der Waals surface area contributed by atoms with E-state index in [4.69, 9.17) is 5.11 Å². The summed E-state index contributed by atoms with van der Waals surface area (Å²) >= 11 is 0. The molecule has 1 aromatic rings. The first-order valence-electron chi connectivity index (χ1n) is 5.89. The molecule has 2 heterocycles. The molecular weight excluding hydrogens is 234 g/mol. The Hall–Kier alpha value is -1.95. The number of nitrogens with zero attached hydrogens (tertiary/aromatic N) is 2. The Kier molecular flexibility index (Phi) is 3.88. The van der Waals surface area contributed by atoms with E-state index >= 15 is 0 Å². The van der Waals surface area contributed by atoms with Crippen molar-refractivity contribution in [2.75, 3.05) is 26.2 Å². The van der Waals surface area contributed by atoms with Crippen molar-refractivity contribution in [3.8, 4) is 0 Å². The van der Waals surface area contributed by atoms with Crippen molar-refractivity contribution in [3.63, 3.8) is 0 Å². The first-order valence-corrected chi connectivity index (χ1v) is 5.89. The summed E-state index contributed by atoms with van der Waals surface area (Å²) in [7, 11) is 0. The third-order valence-corrected chi connectivity index (χ3v) is 2.81. The molecule has 2 N–H and O–H groups in total. The van der Waals surface area contributed by atoms with Crippen molar-refractivity contribution < 1.29 is 14.7 Å². The molecule has 1 amide bonds. The van der Waals surface area contributed by atoms with Crippen LogP contribution in [-0.2, 0) is 0 Å². The Morgan fingerprint density at radius 2 is 2.00 bits per heavy atom. The van der Waals surface area contributed by atoms with Gasteiger partial charge in [-0.2, -0.15) is 0 Å². The van der Waals surface area contributed by atoms with Gasteiger partial charge in [-0.05, 0) is 25.1 Å². The molecule has 0 spiro atoms. The zero-order valence-corrected chi connectivity index (χ0v) is 9.93. The summed E-state index contributed by atoms with van der Waals surface area (Å²) in [6.07, 6.45) is 0.893. The lowest BCUT2D eigenvalue weighted by Crippen LogP contribution is -2.34. The number of rotatable bonds is 2. The van der Waals surface area contributed by atoms with E-state index < -0.39 is 5.97 Å². The second-order valence-corrected chi connectivity index (χ2v) is 4.11. The number of hydrogen-bond donors (Lipinski definition) is 2. The quantitative estimate of drug-likeness (QED) is 0.783. The Morgan fingerprint density at radius 3 is 2.78 bits per heavy atom. The van der Waals surface area contributed by atoms with Crippen LogP contribution >= 0.6 is 0 Å². The lowest BCUT2D eigenvalue weighted by atomic mass is 10.2. The largest absolute Gasteiger partial charge is 0.477 e. The average Bonchev–Trinajstić information content (AvgIpc) is 2.67. The second-order valence-electron chi connectivity index (χ2n) is 4.11. The van der Waals surface area contributed by atoms with Gasteiger partial charge in [0.1, 0.15) is 11.4 Å². The van der Waals surface area contributed by atoms with Gasteiger partial charge in [0, 0.05) is 19.6 Å².